The second-order valence-electron chi connectivity index (χ2n) is 7.09. The number of fused-ring (bicyclic) bond motifs is 1. The van der Waals surface area contributed by atoms with Crippen LogP contribution in [-0.4, -0.2) is 74.2 Å². The van der Waals surface area contributed by atoms with Crippen molar-refractivity contribution in [3.63, 3.8) is 0 Å². The molecule has 3 rings (SSSR count). The van der Waals surface area contributed by atoms with E-state index in [9.17, 15) is 9.59 Å². The molecule has 1 aromatic carbocycles. The van der Waals surface area contributed by atoms with Crippen LogP contribution < -0.4 is 10.1 Å². The third-order valence-corrected chi connectivity index (χ3v) is 5.04. The van der Waals surface area contributed by atoms with Crippen molar-refractivity contribution in [2.45, 2.75) is 26.2 Å². The van der Waals surface area contributed by atoms with Gasteiger partial charge in [0.05, 0.1) is 6.61 Å². The number of carbonyl (C=O) groups excluding carboxylic acids is 2. The molecule has 148 valence electrons. The van der Waals surface area contributed by atoms with Crippen LogP contribution in [0.4, 0.5) is 5.69 Å². The van der Waals surface area contributed by atoms with Crippen LogP contribution in [0, 0.1) is 0 Å². The molecular weight excluding hydrogens is 346 g/mol. The summed E-state index contributed by atoms with van der Waals surface area (Å²) in [6, 6.07) is 5.95. The number of ether oxygens (including phenoxy) is 2. The predicted octanol–water partition coefficient (Wildman–Crippen LogP) is 1.52. The number of hydrogen-bond donors (Lipinski definition) is 1. The van der Waals surface area contributed by atoms with Crippen LogP contribution in [0.15, 0.2) is 18.2 Å². The second kappa shape index (κ2) is 9.71. The van der Waals surface area contributed by atoms with Gasteiger partial charge in [-0.3, -0.25) is 14.5 Å². The highest BCUT2D eigenvalue weighted by molar-refractivity contribution is 5.94. The number of nitrogens with zero attached hydrogens (tertiary/aromatic N) is 2. The zero-order chi connectivity index (χ0) is 19.1. The molecule has 0 aromatic heterocycles. The Morgan fingerprint density at radius 3 is 2.56 bits per heavy atom. The highest BCUT2D eigenvalue weighted by Crippen LogP contribution is 2.27. The number of aryl methyl sites for hydroxylation is 1. The van der Waals surface area contributed by atoms with Crippen molar-refractivity contribution in [1.29, 1.82) is 0 Å². The average molecular weight is 375 g/mol. The molecule has 0 spiro atoms. The van der Waals surface area contributed by atoms with E-state index < -0.39 is 0 Å². The largest absolute Gasteiger partial charge is 0.493 e. The summed E-state index contributed by atoms with van der Waals surface area (Å²) in [5.74, 6) is 0.674. The third kappa shape index (κ3) is 6.22. The van der Waals surface area contributed by atoms with E-state index in [0.717, 1.165) is 63.5 Å². The molecule has 27 heavy (non-hydrogen) atoms. The maximum atomic E-state index is 11.5. The molecule has 2 heterocycles. The molecule has 1 saturated heterocycles. The molecule has 7 nitrogen and oxygen atoms in total. The fraction of sp³-hybridized carbons (Fsp3) is 0.600. The minimum absolute atomic E-state index is 0.0756. The van der Waals surface area contributed by atoms with Gasteiger partial charge in [0.25, 0.3) is 0 Å². The fourth-order valence-corrected chi connectivity index (χ4v) is 3.47. The number of rotatable bonds is 8. The van der Waals surface area contributed by atoms with Gasteiger partial charge in [-0.05, 0) is 24.5 Å². The first kappa shape index (κ1) is 19.6. The number of carbonyl (C=O) groups is 2. The van der Waals surface area contributed by atoms with Gasteiger partial charge in [0.15, 0.2) is 0 Å². The quantitative estimate of drug-likeness (QED) is 0.549. The molecule has 1 N–H and O–H groups in total. The van der Waals surface area contributed by atoms with E-state index in [0.29, 0.717) is 19.6 Å². The first-order valence-corrected chi connectivity index (χ1v) is 9.74. The standard InChI is InChI=1S/C20H29N3O4/c1-16(24)26-14-12-23-10-8-22(9-11-23)7-2-13-27-18-5-3-17-4-6-20(25)21-19(17)15-18/h3,5,15H,2,4,6-14H2,1H3,(H,21,25). The van der Waals surface area contributed by atoms with Gasteiger partial charge in [0.2, 0.25) is 5.91 Å². The maximum absolute atomic E-state index is 11.5. The van der Waals surface area contributed by atoms with E-state index in [1.54, 1.807) is 0 Å². The lowest BCUT2D eigenvalue weighted by Gasteiger charge is -2.34. The number of anilines is 1. The maximum Gasteiger partial charge on any atom is 0.302 e. The summed E-state index contributed by atoms with van der Waals surface area (Å²) in [7, 11) is 0. The number of piperazine rings is 1. The number of nitrogens with one attached hydrogen (secondary N) is 1. The van der Waals surface area contributed by atoms with Crippen LogP contribution in [0.2, 0.25) is 0 Å². The molecular formula is C20H29N3O4. The topological polar surface area (TPSA) is 71.1 Å². The Balaban J connectivity index is 1.30. The fourth-order valence-electron chi connectivity index (χ4n) is 3.47. The average Bonchev–Trinajstić information content (AvgIpc) is 2.66. The Bertz CT molecular complexity index is 657. The first-order valence-electron chi connectivity index (χ1n) is 9.74. The van der Waals surface area contributed by atoms with E-state index in [-0.39, 0.29) is 11.9 Å². The highest BCUT2D eigenvalue weighted by atomic mass is 16.5. The summed E-state index contributed by atoms with van der Waals surface area (Å²) in [4.78, 5) is 27.1. The minimum Gasteiger partial charge on any atom is -0.493 e. The number of hydrogen-bond acceptors (Lipinski definition) is 6. The molecule has 1 aromatic rings. The summed E-state index contributed by atoms with van der Waals surface area (Å²) < 4.78 is 10.9. The van der Waals surface area contributed by atoms with Gasteiger partial charge in [0, 0.05) is 64.4 Å². The molecule has 1 fully saturated rings. The molecule has 0 radical (unpaired) electrons. The lowest BCUT2D eigenvalue weighted by Crippen LogP contribution is -2.47. The third-order valence-electron chi connectivity index (χ3n) is 5.04. The van der Waals surface area contributed by atoms with Crippen LogP contribution in [-0.2, 0) is 20.7 Å². The second-order valence-corrected chi connectivity index (χ2v) is 7.09. The molecule has 0 unspecified atom stereocenters. The van der Waals surface area contributed by atoms with Crippen molar-refractivity contribution in [3.05, 3.63) is 23.8 Å². The zero-order valence-corrected chi connectivity index (χ0v) is 16.0. The SMILES string of the molecule is CC(=O)OCCN1CCN(CCCOc2ccc3c(c2)NC(=O)CC3)CC1. The Labute approximate surface area is 160 Å². The van der Waals surface area contributed by atoms with E-state index >= 15 is 0 Å². The Morgan fingerprint density at radius 1 is 1.07 bits per heavy atom. The van der Waals surface area contributed by atoms with Crippen molar-refractivity contribution in [2.24, 2.45) is 0 Å². The normalized spacial score (nSPS) is 17.9. The van der Waals surface area contributed by atoms with Gasteiger partial charge in [-0.25, -0.2) is 0 Å². The monoisotopic (exact) mass is 375 g/mol. The summed E-state index contributed by atoms with van der Waals surface area (Å²) >= 11 is 0. The van der Waals surface area contributed by atoms with Crippen LogP contribution in [0.25, 0.3) is 0 Å². The van der Waals surface area contributed by atoms with Gasteiger partial charge in [-0.15, -0.1) is 0 Å². The summed E-state index contributed by atoms with van der Waals surface area (Å²) in [6.45, 7) is 8.49. The van der Waals surface area contributed by atoms with Crippen molar-refractivity contribution < 1.29 is 19.1 Å². The summed E-state index contributed by atoms with van der Waals surface area (Å²) in [5.41, 5.74) is 2.06. The lowest BCUT2D eigenvalue weighted by atomic mass is 10.0. The van der Waals surface area contributed by atoms with Gasteiger partial charge in [-0.2, -0.15) is 0 Å². The van der Waals surface area contributed by atoms with Crippen molar-refractivity contribution in [1.82, 2.24) is 9.80 Å². The van der Waals surface area contributed by atoms with Crippen LogP contribution in [0.1, 0.15) is 25.3 Å². The molecule has 7 heteroatoms. The highest BCUT2D eigenvalue weighted by Gasteiger charge is 2.17. The lowest BCUT2D eigenvalue weighted by molar-refractivity contribution is -0.141. The molecule has 2 aliphatic rings. The molecule has 0 atom stereocenters. The number of amides is 1. The van der Waals surface area contributed by atoms with Gasteiger partial charge >= 0.3 is 5.97 Å². The summed E-state index contributed by atoms with van der Waals surface area (Å²) in [6.07, 6.45) is 2.33. The number of benzene rings is 1. The van der Waals surface area contributed by atoms with E-state index in [1.807, 2.05) is 18.2 Å². The van der Waals surface area contributed by atoms with Gasteiger partial charge in [-0.1, -0.05) is 6.07 Å². The molecule has 1 amide bonds. The van der Waals surface area contributed by atoms with Crippen LogP contribution >= 0.6 is 0 Å². The Morgan fingerprint density at radius 2 is 1.81 bits per heavy atom. The smallest absolute Gasteiger partial charge is 0.302 e. The zero-order valence-electron chi connectivity index (χ0n) is 16.0. The van der Waals surface area contributed by atoms with Crippen molar-refractivity contribution in [2.75, 3.05) is 57.8 Å². The molecule has 0 aliphatic carbocycles. The molecule has 0 saturated carbocycles. The predicted molar refractivity (Wildman–Crippen MR) is 103 cm³/mol. The van der Waals surface area contributed by atoms with Crippen LogP contribution in [0.3, 0.4) is 0 Å². The number of esters is 1. The minimum atomic E-state index is -0.213. The van der Waals surface area contributed by atoms with Crippen LogP contribution in [0.5, 0.6) is 5.75 Å². The molecule has 0 bridgehead atoms. The van der Waals surface area contributed by atoms with Gasteiger partial charge < -0.3 is 19.7 Å². The van der Waals surface area contributed by atoms with E-state index in [1.165, 1.54) is 12.5 Å². The Kier molecular flexibility index (Phi) is 7.06. The molecule has 2 aliphatic heterocycles. The first-order chi connectivity index (χ1) is 13.1. The van der Waals surface area contributed by atoms with Crippen molar-refractivity contribution >= 4 is 17.6 Å². The summed E-state index contributed by atoms with van der Waals surface area (Å²) in [5, 5.41) is 2.91. The Hall–Kier alpha value is -2.12. The van der Waals surface area contributed by atoms with E-state index in [2.05, 4.69) is 15.1 Å². The van der Waals surface area contributed by atoms with Gasteiger partial charge in [0.1, 0.15) is 12.4 Å². The van der Waals surface area contributed by atoms with Crippen molar-refractivity contribution in [3.8, 4) is 5.75 Å². The van der Waals surface area contributed by atoms with E-state index in [4.69, 9.17) is 9.47 Å².